The van der Waals surface area contributed by atoms with Crippen LogP contribution in [0.4, 0.5) is 8.78 Å². The number of rotatable bonds is 4. The van der Waals surface area contributed by atoms with E-state index in [4.69, 9.17) is 0 Å². The van der Waals surface area contributed by atoms with Crippen LogP contribution in [0.25, 0.3) is 0 Å². The third kappa shape index (κ3) is 4.00. The van der Waals surface area contributed by atoms with Crippen LogP contribution < -0.4 is 5.32 Å². The minimum absolute atomic E-state index is 0.216. The average Bonchev–Trinajstić information content (AvgIpc) is 2.15. The van der Waals surface area contributed by atoms with Crippen molar-refractivity contribution in [2.45, 2.75) is 38.3 Å². The van der Waals surface area contributed by atoms with Gasteiger partial charge in [-0.2, -0.15) is 8.78 Å². The Kier molecular flexibility index (Phi) is 4.59. The molecular formula is C9H17F2NO. The maximum absolute atomic E-state index is 11.7. The minimum atomic E-state index is -2.61. The van der Waals surface area contributed by atoms with Crippen LogP contribution in [0.1, 0.15) is 25.7 Å². The van der Waals surface area contributed by atoms with Gasteiger partial charge in [0.15, 0.2) is 0 Å². The van der Waals surface area contributed by atoms with E-state index in [2.05, 4.69) is 10.1 Å². The first-order valence-electron chi connectivity index (χ1n) is 4.79. The Morgan fingerprint density at radius 1 is 1.31 bits per heavy atom. The molecule has 1 rings (SSSR count). The standard InChI is InChI=1S/C9H17F2NO/c1-12-8-4-2-7(3-5-8)6-13-9(10)11/h7-9,12H,2-6H2,1H3. The Balaban J connectivity index is 2.10. The van der Waals surface area contributed by atoms with E-state index in [1.165, 1.54) is 0 Å². The lowest BCUT2D eigenvalue weighted by molar-refractivity contribution is -0.140. The van der Waals surface area contributed by atoms with Crippen molar-refractivity contribution in [1.82, 2.24) is 5.32 Å². The van der Waals surface area contributed by atoms with Crippen LogP contribution in [0.3, 0.4) is 0 Å². The Labute approximate surface area is 77.6 Å². The molecule has 1 fully saturated rings. The van der Waals surface area contributed by atoms with Crippen molar-refractivity contribution < 1.29 is 13.5 Å². The summed E-state index contributed by atoms with van der Waals surface area (Å²) in [4.78, 5) is 0. The van der Waals surface area contributed by atoms with Crippen LogP contribution in [0, 0.1) is 5.92 Å². The number of hydrogen-bond donors (Lipinski definition) is 1. The van der Waals surface area contributed by atoms with Crippen LogP contribution in [0.15, 0.2) is 0 Å². The molecule has 1 N–H and O–H groups in total. The number of hydrogen-bond acceptors (Lipinski definition) is 2. The van der Waals surface area contributed by atoms with Gasteiger partial charge in [0.05, 0.1) is 6.61 Å². The van der Waals surface area contributed by atoms with E-state index in [0.717, 1.165) is 25.7 Å². The predicted molar refractivity (Wildman–Crippen MR) is 46.8 cm³/mol. The predicted octanol–water partition coefficient (Wildman–Crippen LogP) is 2.00. The van der Waals surface area contributed by atoms with Crippen LogP contribution in [0.5, 0.6) is 0 Å². The van der Waals surface area contributed by atoms with Gasteiger partial charge in [0, 0.05) is 6.04 Å². The van der Waals surface area contributed by atoms with Crippen molar-refractivity contribution >= 4 is 0 Å². The van der Waals surface area contributed by atoms with Gasteiger partial charge < -0.3 is 10.1 Å². The fourth-order valence-electron chi connectivity index (χ4n) is 1.83. The largest absolute Gasteiger partial charge is 0.345 e. The summed E-state index contributed by atoms with van der Waals surface area (Å²) in [5, 5.41) is 3.20. The van der Waals surface area contributed by atoms with E-state index >= 15 is 0 Å². The van der Waals surface area contributed by atoms with Crippen molar-refractivity contribution in [3.8, 4) is 0 Å². The lowest BCUT2D eigenvalue weighted by Crippen LogP contribution is -2.31. The summed E-state index contributed by atoms with van der Waals surface area (Å²) in [6.45, 7) is -2.39. The van der Waals surface area contributed by atoms with Crippen molar-refractivity contribution in [1.29, 1.82) is 0 Å². The van der Waals surface area contributed by atoms with E-state index < -0.39 is 6.61 Å². The van der Waals surface area contributed by atoms with Gasteiger partial charge in [0.25, 0.3) is 0 Å². The van der Waals surface area contributed by atoms with Gasteiger partial charge in [0.1, 0.15) is 0 Å². The maximum Gasteiger partial charge on any atom is 0.345 e. The molecule has 78 valence electrons. The summed E-state index contributed by atoms with van der Waals surface area (Å²) in [7, 11) is 1.95. The second kappa shape index (κ2) is 5.50. The molecule has 0 saturated heterocycles. The van der Waals surface area contributed by atoms with Crippen LogP contribution in [-0.4, -0.2) is 26.3 Å². The van der Waals surface area contributed by atoms with Gasteiger partial charge in [-0.1, -0.05) is 0 Å². The Morgan fingerprint density at radius 3 is 2.38 bits per heavy atom. The van der Waals surface area contributed by atoms with Crippen LogP contribution in [0.2, 0.25) is 0 Å². The summed E-state index contributed by atoms with van der Waals surface area (Å²) < 4.78 is 27.7. The van der Waals surface area contributed by atoms with Crippen LogP contribution in [-0.2, 0) is 4.74 Å². The van der Waals surface area contributed by atoms with E-state index in [1.54, 1.807) is 0 Å². The molecular weight excluding hydrogens is 176 g/mol. The van der Waals surface area contributed by atoms with E-state index in [-0.39, 0.29) is 6.61 Å². The normalized spacial score (nSPS) is 29.5. The highest BCUT2D eigenvalue weighted by Gasteiger charge is 2.20. The highest BCUT2D eigenvalue weighted by Crippen LogP contribution is 2.24. The average molecular weight is 193 g/mol. The quantitative estimate of drug-likeness (QED) is 0.737. The van der Waals surface area contributed by atoms with Gasteiger partial charge in [-0.15, -0.1) is 0 Å². The highest BCUT2D eigenvalue weighted by molar-refractivity contribution is 4.75. The number of alkyl halides is 2. The molecule has 0 bridgehead atoms. The van der Waals surface area contributed by atoms with Crippen molar-refractivity contribution in [2.24, 2.45) is 5.92 Å². The molecule has 0 amide bonds. The maximum atomic E-state index is 11.7. The molecule has 0 spiro atoms. The molecule has 1 aliphatic carbocycles. The van der Waals surface area contributed by atoms with Gasteiger partial charge in [0.2, 0.25) is 0 Å². The van der Waals surface area contributed by atoms with Gasteiger partial charge in [-0.05, 0) is 38.6 Å². The van der Waals surface area contributed by atoms with Crippen molar-refractivity contribution in [3.05, 3.63) is 0 Å². The topological polar surface area (TPSA) is 21.3 Å². The zero-order valence-electron chi connectivity index (χ0n) is 7.93. The highest BCUT2D eigenvalue weighted by atomic mass is 19.3. The van der Waals surface area contributed by atoms with Gasteiger partial charge in [-0.25, -0.2) is 0 Å². The first kappa shape index (κ1) is 10.9. The molecule has 0 aromatic carbocycles. The second-order valence-corrected chi connectivity index (χ2v) is 3.60. The Morgan fingerprint density at radius 2 is 1.92 bits per heavy atom. The van der Waals surface area contributed by atoms with Gasteiger partial charge >= 0.3 is 6.61 Å². The fourth-order valence-corrected chi connectivity index (χ4v) is 1.83. The lowest BCUT2D eigenvalue weighted by atomic mass is 9.87. The van der Waals surface area contributed by atoms with E-state index in [1.807, 2.05) is 7.05 Å². The lowest BCUT2D eigenvalue weighted by Gasteiger charge is -2.27. The van der Waals surface area contributed by atoms with E-state index in [9.17, 15) is 8.78 Å². The molecule has 2 nitrogen and oxygen atoms in total. The summed E-state index contributed by atoms with van der Waals surface area (Å²) in [5.74, 6) is 0.332. The molecule has 0 heterocycles. The molecule has 13 heavy (non-hydrogen) atoms. The number of nitrogens with one attached hydrogen (secondary N) is 1. The molecule has 0 aromatic heterocycles. The molecule has 0 radical (unpaired) electrons. The summed E-state index contributed by atoms with van der Waals surface area (Å²) in [6.07, 6.45) is 4.15. The third-order valence-electron chi connectivity index (χ3n) is 2.71. The van der Waals surface area contributed by atoms with E-state index in [0.29, 0.717) is 12.0 Å². The van der Waals surface area contributed by atoms with Crippen LogP contribution >= 0.6 is 0 Å². The molecule has 0 atom stereocenters. The SMILES string of the molecule is CNC1CCC(COC(F)F)CC1. The summed E-state index contributed by atoms with van der Waals surface area (Å²) in [5.41, 5.74) is 0. The second-order valence-electron chi connectivity index (χ2n) is 3.60. The minimum Gasteiger partial charge on any atom is -0.323 e. The number of ether oxygens (including phenoxy) is 1. The first-order valence-corrected chi connectivity index (χ1v) is 4.79. The Bertz CT molecular complexity index is 136. The zero-order valence-corrected chi connectivity index (χ0v) is 7.93. The monoisotopic (exact) mass is 193 g/mol. The smallest absolute Gasteiger partial charge is 0.323 e. The Hall–Kier alpha value is -0.220. The first-order chi connectivity index (χ1) is 6.22. The molecule has 4 heteroatoms. The molecule has 0 aromatic rings. The fraction of sp³-hybridized carbons (Fsp3) is 1.00. The summed E-state index contributed by atoms with van der Waals surface area (Å²) in [6, 6.07) is 0.572. The summed E-state index contributed by atoms with van der Waals surface area (Å²) >= 11 is 0. The third-order valence-corrected chi connectivity index (χ3v) is 2.71. The molecule has 0 aliphatic heterocycles. The van der Waals surface area contributed by atoms with Gasteiger partial charge in [-0.3, -0.25) is 0 Å². The molecule has 0 unspecified atom stereocenters. The van der Waals surface area contributed by atoms with Crippen molar-refractivity contribution in [3.63, 3.8) is 0 Å². The molecule has 1 aliphatic rings. The molecule has 1 saturated carbocycles. The zero-order chi connectivity index (χ0) is 9.68. The van der Waals surface area contributed by atoms with Crippen molar-refractivity contribution in [2.75, 3.05) is 13.7 Å². The number of halogens is 2.